The van der Waals surface area contributed by atoms with E-state index >= 15 is 0 Å². The van der Waals surface area contributed by atoms with Gasteiger partial charge in [-0.2, -0.15) is 0 Å². The highest BCUT2D eigenvalue weighted by Gasteiger charge is 2.41. The van der Waals surface area contributed by atoms with Gasteiger partial charge in [-0.15, -0.1) is 11.3 Å². The number of methoxy groups -OCH3 is 1. The van der Waals surface area contributed by atoms with Crippen LogP contribution in [0.4, 0.5) is 0 Å². The molecule has 2 aliphatic heterocycles. The molecule has 1 fully saturated rings. The molecule has 4 heterocycles. The van der Waals surface area contributed by atoms with Crippen LogP contribution in [0.15, 0.2) is 59.3 Å². The summed E-state index contributed by atoms with van der Waals surface area (Å²) in [6.07, 6.45) is 1.80. The molecule has 0 unspecified atom stereocenters. The van der Waals surface area contributed by atoms with E-state index in [1.807, 2.05) is 48.5 Å². The molecule has 1 saturated heterocycles. The van der Waals surface area contributed by atoms with Gasteiger partial charge in [-0.1, -0.05) is 24.3 Å². The quantitative estimate of drug-likeness (QED) is 0.383. The van der Waals surface area contributed by atoms with Gasteiger partial charge >= 0.3 is 0 Å². The average molecular weight is 589 g/mol. The van der Waals surface area contributed by atoms with Gasteiger partial charge in [-0.3, -0.25) is 14.4 Å². The van der Waals surface area contributed by atoms with E-state index in [4.69, 9.17) is 13.9 Å². The number of thiophene rings is 1. The van der Waals surface area contributed by atoms with Crippen LogP contribution >= 0.6 is 11.3 Å². The fraction of sp³-hybridized carbons (Fsp3) is 0.355. The summed E-state index contributed by atoms with van der Waals surface area (Å²) < 4.78 is 18.0. The van der Waals surface area contributed by atoms with Gasteiger partial charge < -0.3 is 29.0 Å². The van der Waals surface area contributed by atoms with E-state index in [1.165, 1.54) is 17.7 Å². The Labute approximate surface area is 247 Å². The van der Waals surface area contributed by atoms with Crippen molar-refractivity contribution in [1.29, 1.82) is 0 Å². The Balaban J connectivity index is 1.27. The number of benzene rings is 2. The second-order valence-corrected chi connectivity index (χ2v) is 11.6. The molecule has 1 N–H and O–H groups in total. The number of hydrogen-bond acceptors (Lipinski definition) is 8. The Morgan fingerprint density at radius 3 is 2.67 bits per heavy atom. The summed E-state index contributed by atoms with van der Waals surface area (Å²) in [7, 11) is 1.57. The first-order valence-corrected chi connectivity index (χ1v) is 14.8. The van der Waals surface area contributed by atoms with Crippen molar-refractivity contribution in [3.8, 4) is 11.5 Å². The number of nitrogens with zero attached hydrogens (tertiary/aromatic N) is 3. The lowest BCUT2D eigenvalue weighted by atomic mass is 9.88. The molecule has 3 amide bonds. The molecule has 0 spiro atoms. The lowest BCUT2D eigenvalue weighted by Gasteiger charge is -2.24. The number of oxazole rings is 1. The number of carbonyl (C=O) groups is 3. The van der Waals surface area contributed by atoms with E-state index < -0.39 is 5.92 Å². The van der Waals surface area contributed by atoms with Crippen molar-refractivity contribution in [3.63, 3.8) is 0 Å². The van der Waals surface area contributed by atoms with E-state index in [-0.39, 0.29) is 35.9 Å². The number of likely N-dealkylation sites (tertiary alicyclic amines) is 1. The number of carbonyl (C=O) groups excluding carboxylic acids is 3. The maximum atomic E-state index is 13.6. The average Bonchev–Trinajstić information content (AvgIpc) is 3.75. The molecule has 4 aromatic rings. The molecule has 2 atom stereocenters. The van der Waals surface area contributed by atoms with Gasteiger partial charge in [0.1, 0.15) is 12.4 Å². The molecule has 218 valence electrons. The number of rotatable bonds is 3. The summed E-state index contributed by atoms with van der Waals surface area (Å²) in [4.78, 5) is 48.6. The number of aromatic nitrogens is 1. The van der Waals surface area contributed by atoms with Crippen LogP contribution in [0.5, 0.6) is 11.5 Å². The smallest absolute Gasteiger partial charge is 0.276 e. The molecule has 11 heteroatoms. The van der Waals surface area contributed by atoms with Crippen molar-refractivity contribution in [1.82, 2.24) is 20.1 Å². The van der Waals surface area contributed by atoms with Crippen LogP contribution in [-0.4, -0.2) is 78.9 Å². The Morgan fingerprint density at radius 1 is 1.05 bits per heavy atom. The Bertz CT molecular complexity index is 1600. The van der Waals surface area contributed by atoms with Crippen LogP contribution < -0.4 is 14.8 Å². The highest BCUT2D eigenvalue weighted by Crippen LogP contribution is 2.39. The molecule has 0 saturated carbocycles. The van der Waals surface area contributed by atoms with Crippen molar-refractivity contribution in [2.24, 2.45) is 5.92 Å². The fourth-order valence-electron chi connectivity index (χ4n) is 5.71. The largest absolute Gasteiger partial charge is 0.493 e. The molecule has 42 heavy (non-hydrogen) atoms. The number of hydrogen-bond donors (Lipinski definition) is 1. The standard InChI is InChI=1S/C31H32N4O6S/c1-19-28(33-18-41-19)31(38)34-11-5-10-32-29(36)23-17-35(30(37)27-15-21-6-3-4-7-26(21)42-27)16-22(23)20-8-9-24(39-2)25(14-20)40-13-12-34/h3-4,6-9,14-15,18,22-23H,5,10-13,16-17H2,1-2H3,(H,32,36)/t22-,23+/m1/s1. The van der Waals surface area contributed by atoms with Gasteiger partial charge in [0.15, 0.2) is 23.6 Å². The van der Waals surface area contributed by atoms with Crippen molar-refractivity contribution >= 4 is 39.1 Å². The van der Waals surface area contributed by atoms with Crippen LogP contribution in [-0.2, 0) is 4.79 Å². The first-order chi connectivity index (χ1) is 20.4. The maximum Gasteiger partial charge on any atom is 0.276 e. The molecule has 0 radical (unpaired) electrons. The summed E-state index contributed by atoms with van der Waals surface area (Å²) in [6, 6.07) is 15.5. The summed E-state index contributed by atoms with van der Waals surface area (Å²) in [5, 5.41) is 4.09. The molecule has 2 aromatic carbocycles. The third kappa shape index (κ3) is 5.44. The van der Waals surface area contributed by atoms with Crippen molar-refractivity contribution in [2.75, 3.05) is 46.4 Å². The van der Waals surface area contributed by atoms with Gasteiger partial charge in [0, 0.05) is 36.8 Å². The minimum atomic E-state index is -0.442. The number of fused-ring (bicyclic) bond motifs is 5. The van der Waals surface area contributed by atoms with Crippen LogP contribution in [0.25, 0.3) is 10.1 Å². The molecule has 2 aromatic heterocycles. The van der Waals surface area contributed by atoms with Crippen molar-refractivity contribution in [2.45, 2.75) is 19.3 Å². The summed E-state index contributed by atoms with van der Waals surface area (Å²) in [6.45, 7) is 3.76. The second-order valence-electron chi connectivity index (χ2n) is 10.5. The Hall–Kier alpha value is -4.38. The van der Waals surface area contributed by atoms with Crippen LogP contribution in [0.2, 0.25) is 0 Å². The number of amides is 3. The highest BCUT2D eigenvalue weighted by atomic mass is 32.1. The van der Waals surface area contributed by atoms with E-state index in [2.05, 4.69) is 10.3 Å². The van der Waals surface area contributed by atoms with Crippen molar-refractivity contribution < 1.29 is 28.3 Å². The lowest BCUT2D eigenvalue weighted by Crippen LogP contribution is -2.39. The SMILES string of the molecule is COc1ccc2cc1OCCN(C(=O)c1ncoc1C)CCCNC(=O)[C@H]1CN(C(=O)c3cc4ccccc4s3)C[C@H]21. The normalized spacial score (nSPS) is 19.5. The maximum absolute atomic E-state index is 13.6. The van der Waals surface area contributed by atoms with Crippen molar-refractivity contribution in [3.05, 3.63) is 76.8 Å². The first kappa shape index (κ1) is 27.8. The minimum absolute atomic E-state index is 0.0725. The number of nitrogens with one attached hydrogen (secondary N) is 1. The molecule has 2 bridgehead atoms. The van der Waals surface area contributed by atoms with Gasteiger partial charge in [-0.25, -0.2) is 4.98 Å². The Kier molecular flexibility index (Phi) is 7.84. The van der Waals surface area contributed by atoms with E-state index in [9.17, 15) is 14.4 Å². The zero-order chi connectivity index (χ0) is 29.2. The van der Waals surface area contributed by atoms with Crippen LogP contribution in [0.1, 0.15) is 43.8 Å². The van der Waals surface area contributed by atoms with E-state index in [0.717, 1.165) is 15.6 Å². The topological polar surface area (TPSA) is 114 Å². The predicted octanol–water partition coefficient (Wildman–Crippen LogP) is 4.10. The summed E-state index contributed by atoms with van der Waals surface area (Å²) >= 11 is 1.47. The number of ether oxygens (including phenoxy) is 2. The van der Waals surface area contributed by atoms with Crippen LogP contribution in [0, 0.1) is 12.8 Å². The molecular weight excluding hydrogens is 556 g/mol. The molecule has 2 aliphatic rings. The molecule has 6 rings (SSSR count). The monoisotopic (exact) mass is 588 g/mol. The first-order valence-electron chi connectivity index (χ1n) is 14.0. The third-order valence-corrected chi connectivity index (χ3v) is 9.06. The molecule has 0 aliphatic carbocycles. The fourth-order valence-corrected chi connectivity index (χ4v) is 6.74. The van der Waals surface area contributed by atoms with Crippen LogP contribution in [0.3, 0.4) is 0 Å². The highest BCUT2D eigenvalue weighted by molar-refractivity contribution is 7.20. The van der Waals surface area contributed by atoms with Gasteiger partial charge in [0.2, 0.25) is 5.91 Å². The summed E-state index contributed by atoms with van der Waals surface area (Å²) in [5.74, 6) is 0.415. The predicted molar refractivity (Wildman–Crippen MR) is 157 cm³/mol. The van der Waals surface area contributed by atoms with Gasteiger partial charge in [0.05, 0.1) is 24.4 Å². The van der Waals surface area contributed by atoms with E-state index in [1.54, 1.807) is 23.8 Å². The molecular formula is C31H32N4O6S. The molecule has 10 nitrogen and oxygen atoms in total. The summed E-state index contributed by atoms with van der Waals surface area (Å²) in [5.41, 5.74) is 1.15. The second kappa shape index (κ2) is 11.8. The van der Waals surface area contributed by atoms with E-state index in [0.29, 0.717) is 61.3 Å². The van der Waals surface area contributed by atoms with Gasteiger partial charge in [-0.05, 0) is 48.6 Å². The lowest BCUT2D eigenvalue weighted by molar-refractivity contribution is -0.124. The third-order valence-electron chi connectivity index (χ3n) is 7.95. The zero-order valence-electron chi connectivity index (χ0n) is 23.5. The minimum Gasteiger partial charge on any atom is -0.493 e. The Morgan fingerprint density at radius 2 is 1.88 bits per heavy atom. The zero-order valence-corrected chi connectivity index (χ0v) is 24.3. The number of aryl methyl sites for hydroxylation is 1. The van der Waals surface area contributed by atoms with Gasteiger partial charge in [0.25, 0.3) is 11.8 Å².